The second-order valence-electron chi connectivity index (χ2n) is 4.21. The van der Waals surface area contributed by atoms with Crippen LogP contribution in [0, 0.1) is 0 Å². The maximum Gasteiger partial charge on any atom is 0.252 e. The SMILES string of the molecule is CCCN(CCC)S(=O)(=O)c1cccc(C(=O)Cl)c1. The van der Waals surface area contributed by atoms with Gasteiger partial charge >= 0.3 is 0 Å². The molecule has 106 valence electrons. The van der Waals surface area contributed by atoms with Crippen LogP contribution >= 0.6 is 11.6 Å². The van der Waals surface area contributed by atoms with E-state index in [9.17, 15) is 13.2 Å². The van der Waals surface area contributed by atoms with Gasteiger partial charge in [0, 0.05) is 18.7 Å². The summed E-state index contributed by atoms with van der Waals surface area (Å²) in [6.07, 6.45) is 1.49. The molecule has 4 nitrogen and oxygen atoms in total. The second kappa shape index (κ2) is 7.03. The van der Waals surface area contributed by atoms with Crippen molar-refractivity contribution in [1.82, 2.24) is 4.31 Å². The quantitative estimate of drug-likeness (QED) is 0.728. The van der Waals surface area contributed by atoms with Gasteiger partial charge in [0.05, 0.1) is 4.90 Å². The van der Waals surface area contributed by atoms with E-state index >= 15 is 0 Å². The van der Waals surface area contributed by atoms with Crippen LogP contribution in [-0.4, -0.2) is 31.1 Å². The van der Waals surface area contributed by atoms with Crippen LogP contribution in [0.4, 0.5) is 0 Å². The zero-order chi connectivity index (χ0) is 14.5. The summed E-state index contributed by atoms with van der Waals surface area (Å²) in [5, 5.41) is -0.658. The normalized spacial score (nSPS) is 11.8. The van der Waals surface area contributed by atoms with E-state index < -0.39 is 15.3 Å². The molecule has 0 bridgehead atoms. The molecule has 0 aromatic heterocycles. The molecule has 0 fully saturated rings. The van der Waals surface area contributed by atoms with Gasteiger partial charge in [0.25, 0.3) is 5.24 Å². The van der Waals surface area contributed by atoms with Crippen LogP contribution in [0.3, 0.4) is 0 Å². The molecule has 19 heavy (non-hydrogen) atoms. The highest BCUT2D eigenvalue weighted by Gasteiger charge is 2.23. The molecule has 0 spiro atoms. The van der Waals surface area contributed by atoms with E-state index in [1.165, 1.54) is 28.6 Å². The van der Waals surface area contributed by atoms with Crippen molar-refractivity contribution >= 4 is 26.9 Å². The van der Waals surface area contributed by atoms with Crippen molar-refractivity contribution in [3.8, 4) is 0 Å². The van der Waals surface area contributed by atoms with Crippen molar-refractivity contribution in [3.63, 3.8) is 0 Å². The molecular weight excluding hydrogens is 286 g/mol. The summed E-state index contributed by atoms with van der Waals surface area (Å²) in [6.45, 7) is 4.79. The minimum absolute atomic E-state index is 0.112. The number of hydrogen-bond acceptors (Lipinski definition) is 3. The number of benzene rings is 1. The lowest BCUT2D eigenvalue weighted by molar-refractivity contribution is 0.108. The Kier molecular flexibility index (Phi) is 5.97. The Balaban J connectivity index is 3.17. The van der Waals surface area contributed by atoms with Crippen molar-refractivity contribution in [2.75, 3.05) is 13.1 Å². The number of nitrogens with zero attached hydrogens (tertiary/aromatic N) is 1. The molecule has 0 aliphatic carbocycles. The monoisotopic (exact) mass is 303 g/mol. The molecule has 0 saturated carbocycles. The van der Waals surface area contributed by atoms with Crippen molar-refractivity contribution in [3.05, 3.63) is 29.8 Å². The smallest absolute Gasteiger partial charge is 0.252 e. The van der Waals surface area contributed by atoms with Gasteiger partial charge in [0.2, 0.25) is 10.0 Å². The zero-order valence-corrected chi connectivity index (χ0v) is 12.7. The highest BCUT2D eigenvalue weighted by Crippen LogP contribution is 2.18. The molecule has 0 unspecified atom stereocenters. The molecule has 1 rings (SSSR count). The van der Waals surface area contributed by atoms with Crippen molar-refractivity contribution < 1.29 is 13.2 Å². The minimum atomic E-state index is -3.56. The van der Waals surface area contributed by atoms with E-state index in [0.29, 0.717) is 13.1 Å². The summed E-state index contributed by atoms with van der Waals surface area (Å²) >= 11 is 5.38. The molecule has 0 aliphatic heterocycles. The van der Waals surface area contributed by atoms with Crippen LogP contribution in [0.2, 0.25) is 0 Å². The third-order valence-electron chi connectivity index (χ3n) is 2.64. The Hall–Kier alpha value is -0.910. The van der Waals surface area contributed by atoms with Crippen LogP contribution in [0.5, 0.6) is 0 Å². The van der Waals surface area contributed by atoms with E-state index in [-0.39, 0.29) is 10.5 Å². The Morgan fingerprint density at radius 2 is 1.79 bits per heavy atom. The van der Waals surface area contributed by atoms with E-state index in [4.69, 9.17) is 11.6 Å². The predicted octanol–water partition coefficient (Wildman–Crippen LogP) is 2.88. The van der Waals surface area contributed by atoms with Crippen molar-refractivity contribution in [2.45, 2.75) is 31.6 Å². The van der Waals surface area contributed by atoms with E-state index in [1.54, 1.807) is 0 Å². The summed E-state index contributed by atoms with van der Waals surface area (Å²) in [5.74, 6) is 0. The van der Waals surface area contributed by atoms with Crippen LogP contribution in [0.15, 0.2) is 29.2 Å². The lowest BCUT2D eigenvalue weighted by Gasteiger charge is -2.21. The van der Waals surface area contributed by atoms with Gasteiger partial charge in [0.1, 0.15) is 0 Å². The molecule has 0 radical (unpaired) electrons. The van der Waals surface area contributed by atoms with E-state index in [2.05, 4.69) is 0 Å². The Bertz CT molecular complexity index is 537. The average Bonchev–Trinajstić information content (AvgIpc) is 2.38. The van der Waals surface area contributed by atoms with Crippen molar-refractivity contribution in [1.29, 1.82) is 0 Å². The van der Waals surface area contributed by atoms with Gasteiger partial charge in [-0.3, -0.25) is 4.79 Å². The molecule has 6 heteroatoms. The number of rotatable bonds is 7. The Morgan fingerprint density at radius 3 is 2.26 bits per heavy atom. The van der Waals surface area contributed by atoms with Crippen molar-refractivity contribution in [2.24, 2.45) is 0 Å². The number of halogens is 1. The maximum atomic E-state index is 12.5. The fourth-order valence-corrected chi connectivity index (χ4v) is 3.57. The number of sulfonamides is 1. The summed E-state index contributed by atoms with van der Waals surface area (Å²) in [5.41, 5.74) is 0.190. The minimum Gasteiger partial charge on any atom is -0.276 e. The van der Waals surface area contributed by atoms with E-state index in [1.807, 2.05) is 13.8 Å². The molecule has 0 amide bonds. The summed E-state index contributed by atoms with van der Waals surface area (Å²) in [7, 11) is -3.56. The molecule has 0 saturated heterocycles. The molecule has 0 aliphatic rings. The topological polar surface area (TPSA) is 54.5 Å². The lowest BCUT2D eigenvalue weighted by Crippen LogP contribution is -2.32. The molecule has 0 heterocycles. The van der Waals surface area contributed by atoms with Gasteiger partial charge in [0.15, 0.2) is 0 Å². The third-order valence-corrected chi connectivity index (χ3v) is 4.76. The first-order valence-electron chi connectivity index (χ1n) is 6.23. The highest BCUT2D eigenvalue weighted by atomic mass is 35.5. The van der Waals surface area contributed by atoms with Gasteiger partial charge in [-0.1, -0.05) is 26.0 Å². The molecule has 0 N–H and O–H groups in total. The maximum absolute atomic E-state index is 12.5. The Labute approximate surface area is 119 Å². The first-order valence-corrected chi connectivity index (χ1v) is 8.05. The second-order valence-corrected chi connectivity index (χ2v) is 6.49. The molecule has 0 atom stereocenters. The van der Waals surface area contributed by atoms with Crippen LogP contribution in [-0.2, 0) is 10.0 Å². The van der Waals surface area contributed by atoms with Gasteiger partial charge in [-0.2, -0.15) is 4.31 Å². The predicted molar refractivity (Wildman–Crippen MR) is 76.0 cm³/mol. The summed E-state index contributed by atoms with van der Waals surface area (Å²) < 4.78 is 26.4. The van der Waals surface area contributed by atoms with Gasteiger partial charge in [-0.05, 0) is 36.6 Å². The zero-order valence-electron chi connectivity index (χ0n) is 11.1. The first kappa shape index (κ1) is 16.1. The third kappa shape index (κ3) is 4.03. The van der Waals surface area contributed by atoms with Crippen LogP contribution in [0.25, 0.3) is 0 Å². The largest absolute Gasteiger partial charge is 0.276 e. The highest BCUT2D eigenvalue weighted by molar-refractivity contribution is 7.89. The summed E-state index contributed by atoms with van der Waals surface area (Å²) in [4.78, 5) is 11.2. The number of hydrogen-bond donors (Lipinski definition) is 0. The van der Waals surface area contributed by atoms with E-state index in [0.717, 1.165) is 12.8 Å². The lowest BCUT2D eigenvalue weighted by atomic mass is 10.2. The standard InChI is InChI=1S/C13H18ClNO3S/c1-3-8-15(9-4-2)19(17,18)12-7-5-6-11(10-12)13(14)16/h5-7,10H,3-4,8-9H2,1-2H3. The van der Waals surface area contributed by atoms with Gasteiger partial charge in [-0.25, -0.2) is 8.42 Å². The van der Waals surface area contributed by atoms with Crippen LogP contribution in [0.1, 0.15) is 37.0 Å². The number of carbonyl (C=O) groups is 1. The Morgan fingerprint density at radius 1 is 1.21 bits per heavy atom. The summed E-state index contributed by atoms with van der Waals surface area (Å²) in [6, 6.07) is 5.83. The fourth-order valence-electron chi connectivity index (χ4n) is 1.78. The molecular formula is C13H18ClNO3S. The van der Waals surface area contributed by atoms with Crippen LogP contribution < -0.4 is 0 Å². The van der Waals surface area contributed by atoms with Gasteiger partial charge in [-0.15, -0.1) is 0 Å². The molecule has 1 aromatic carbocycles. The molecule has 1 aromatic rings. The van der Waals surface area contributed by atoms with Gasteiger partial charge < -0.3 is 0 Å². The average molecular weight is 304 g/mol. The first-order chi connectivity index (χ1) is 8.93. The fraction of sp³-hybridized carbons (Fsp3) is 0.462. The number of carbonyl (C=O) groups excluding carboxylic acids is 1.